The quantitative estimate of drug-likeness (QED) is 0.216. The summed E-state index contributed by atoms with van der Waals surface area (Å²) >= 11 is 0. The van der Waals surface area contributed by atoms with E-state index in [1.54, 1.807) is 0 Å². The zero-order chi connectivity index (χ0) is 12.3. The van der Waals surface area contributed by atoms with Gasteiger partial charge in [0.2, 0.25) is 0 Å². The highest BCUT2D eigenvalue weighted by atomic mass is 33.3. The zero-order valence-electron chi connectivity index (χ0n) is 10.1. The third kappa shape index (κ3) is 8.50. The molecule has 1 N–H and O–H groups in total. The van der Waals surface area contributed by atoms with Gasteiger partial charge in [-0.25, -0.2) is 0 Å². The fraction of sp³-hybridized carbons (Fsp3) is 0.889. The second kappa shape index (κ2) is 10.5. The second-order valence-electron chi connectivity index (χ2n) is 2.91. The molecule has 0 radical (unpaired) electrons. The van der Waals surface area contributed by atoms with E-state index in [0.717, 1.165) is 25.1 Å². The molecule has 0 rings (SSSR count). The summed E-state index contributed by atoms with van der Waals surface area (Å²) < 4.78 is 17.4. The van der Waals surface area contributed by atoms with E-state index in [0.29, 0.717) is 6.61 Å². The van der Waals surface area contributed by atoms with Gasteiger partial charge in [-0.3, -0.25) is 14.6 Å². The van der Waals surface area contributed by atoms with E-state index in [-0.39, 0.29) is 0 Å². The van der Waals surface area contributed by atoms with Gasteiger partial charge in [-0.05, 0) is 13.3 Å². The van der Waals surface area contributed by atoms with E-state index >= 15 is 0 Å². The molecule has 1 unspecified atom stereocenters. The Hall–Kier alpha value is 0.360. The number of rotatable bonds is 10. The Morgan fingerprint density at radius 3 is 2.75 bits per heavy atom. The molecule has 0 aromatic rings. The predicted molar refractivity (Wildman–Crippen MR) is 76.4 cm³/mol. The molecule has 0 saturated heterocycles. The molecule has 0 fully saturated rings. The van der Waals surface area contributed by atoms with Gasteiger partial charge >= 0.3 is 6.72 Å². The lowest BCUT2D eigenvalue weighted by molar-refractivity contribution is 0.343. The van der Waals surface area contributed by atoms with Crippen LogP contribution in [0.25, 0.3) is 0 Å². The van der Waals surface area contributed by atoms with Gasteiger partial charge < -0.3 is 4.52 Å². The largest absolute Gasteiger partial charge is 0.362 e. The van der Waals surface area contributed by atoms with Crippen molar-refractivity contribution >= 4 is 34.3 Å². The van der Waals surface area contributed by atoms with Crippen LogP contribution in [0.2, 0.25) is 0 Å². The molecule has 0 saturated carbocycles. The summed E-state index contributed by atoms with van der Waals surface area (Å²) in [6.07, 6.45) is 3.67. The van der Waals surface area contributed by atoms with Gasteiger partial charge in [0.1, 0.15) is 0 Å². The van der Waals surface area contributed by atoms with Gasteiger partial charge in [-0.2, -0.15) is 0 Å². The number of nitrogens with zero attached hydrogens (tertiary/aromatic N) is 1. The highest BCUT2D eigenvalue weighted by Gasteiger charge is 2.22. The summed E-state index contributed by atoms with van der Waals surface area (Å²) in [4.78, 5) is 4.13. The number of nitrogens with one attached hydrogen (secondary N) is 1. The van der Waals surface area contributed by atoms with Crippen molar-refractivity contribution in [3.63, 3.8) is 0 Å². The Bertz CT molecular complexity index is 240. The molecule has 0 heterocycles. The maximum absolute atomic E-state index is 12.1. The van der Waals surface area contributed by atoms with Gasteiger partial charge in [-0.1, -0.05) is 31.1 Å². The Morgan fingerprint density at radius 1 is 1.44 bits per heavy atom. The minimum Gasteiger partial charge on any atom is -0.306 e. The van der Waals surface area contributed by atoms with E-state index in [2.05, 4.69) is 17.0 Å². The number of hydrogen-bond donors (Lipinski definition) is 1. The molecule has 0 spiro atoms. The summed E-state index contributed by atoms with van der Waals surface area (Å²) in [6, 6.07) is 0. The maximum Gasteiger partial charge on any atom is 0.362 e. The summed E-state index contributed by atoms with van der Waals surface area (Å²) in [6.45, 7) is 4.36. The molecule has 96 valence electrons. The first-order valence-corrected chi connectivity index (χ1v) is 10.0. The monoisotopic (exact) mass is 284 g/mol. The van der Waals surface area contributed by atoms with Crippen LogP contribution >= 0.6 is 27.9 Å². The van der Waals surface area contributed by atoms with Gasteiger partial charge in [0, 0.05) is 22.7 Å². The van der Waals surface area contributed by atoms with Crippen LogP contribution in [-0.4, -0.2) is 25.2 Å². The van der Waals surface area contributed by atoms with Gasteiger partial charge in [-0.15, -0.1) is 0 Å². The lowest BCUT2D eigenvalue weighted by Gasteiger charge is -2.14. The molecule has 0 aromatic carbocycles. The Kier molecular flexibility index (Phi) is 10.7. The van der Waals surface area contributed by atoms with Crippen molar-refractivity contribution in [1.82, 2.24) is 5.09 Å². The standard InChI is InChI=1S/C9H21N2O2PS2/c1-4-7-8-10-9-11-14(12,13-5-2)16-15-6-3/h9H,4-8H2,1-3H3,(H,10,11,12). The van der Waals surface area contributed by atoms with Gasteiger partial charge in [0.05, 0.1) is 12.9 Å². The van der Waals surface area contributed by atoms with Crippen molar-refractivity contribution in [3.05, 3.63) is 0 Å². The summed E-state index contributed by atoms with van der Waals surface area (Å²) in [5.41, 5.74) is 0. The molecule has 0 bridgehead atoms. The van der Waals surface area contributed by atoms with Crippen molar-refractivity contribution in [1.29, 1.82) is 0 Å². The van der Waals surface area contributed by atoms with Crippen LogP contribution in [0.4, 0.5) is 0 Å². The summed E-state index contributed by atoms with van der Waals surface area (Å²) in [5.74, 6) is 0.899. The molecule has 7 heteroatoms. The van der Waals surface area contributed by atoms with Crippen molar-refractivity contribution in [2.75, 3.05) is 18.9 Å². The van der Waals surface area contributed by atoms with Gasteiger partial charge in [0.15, 0.2) is 0 Å². The van der Waals surface area contributed by atoms with E-state index in [4.69, 9.17) is 4.52 Å². The number of aliphatic imine (C=N–C) groups is 1. The van der Waals surface area contributed by atoms with E-state index in [9.17, 15) is 4.57 Å². The molecule has 4 nitrogen and oxygen atoms in total. The topological polar surface area (TPSA) is 50.7 Å². The Labute approximate surface area is 106 Å². The molecule has 0 aliphatic heterocycles. The molecule has 0 aromatic heterocycles. The molecule has 0 aliphatic carbocycles. The van der Waals surface area contributed by atoms with Crippen molar-refractivity contribution in [2.45, 2.75) is 33.6 Å². The Balaban J connectivity index is 4.00. The fourth-order valence-electron chi connectivity index (χ4n) is 0.798. The van der Waals surface area contributed by atoms with Crippen LogP contribution < -0.4 is 5.09 Å². The highest BCUT2D eigenvalue weighted by Crippen LogP contribution is 2.60. The smallest absolute Gasteiger partial charge is 0.306 e. The first-order valence-electron chi connectivity index (χ1n) is 5.50. The van der Waals surface area contributed by atoms with Crippen LogP contribution in [0.1, 0.15) is 33.6 Å². The lowest BCUT2D eigenvalue weighted by Crippen LogP contribution is -2.08. The van der Waals surface area contributed by atoms with Crippen molar-refractivity contribution in [2.24, 2.45) is 4.99 Å². The molecule has 0 aliphatic rings. The minimum atomic E-state index is -2.80. The average molecular weight is 284 g/mol. The van der Waals surface area contributed by atoms with Crippen molar-refractivity contribution in [3.8, 4) is 0 Å². The van der Waals surface area contributed by atoms with Crippen LogP contribution in [0.3, 0.4) is 0 Å². The predicted octanol–water partition coefficient (Wildman–Crippen LogP) is 3.95. The first-order chi connectivity index (χ1) is 7.68. The molecule has 1 atom stereocenters. The molecular weight excluding hydrogens is 263 g/mol. The van der Waals surface area contributed by atoms with Crippen LogP contribution in [-0.2, 0) is 9.09 Å². The van der Waals surface area contributed by atoms with Crippen LogP contribution in [0.15, 0.2) is 4.99 Å². The normalized spacial score (nSPS) is 15.2. The summed E-state index contributed by atoms with van der Waals surface area (Å²) in [7, 11) is 2.79. The highest BCUT2D eigenvalue weighted by molar-refractivity contribution is 8.99. The first kappa shape index (κ1) is 16.4. The Morgan fingerprint density at radius 2 is 2.19 bits per heavy atom. The van der Waals surface area contributed by atoms with Gasteiger partial charge in [0.25, 0.3) is 0 Å². The third-order valence-electron chi connectivity index (χ3n) is 1.52. The minimum absolute atomic E-state index is 0.435. The van der Waals surface area contributed by atoms with E-state index in [1.807, 2.05) is 13.8 Å². The third-order valence-corrected chi connectivity index (χ3v) is 8.04. The zero-order valence-corrected chi connectivity index (χ0v) is 12.7. The SMILES string of the molecule is CCCCN=CNP(=O)(OCC)SSCC. The van der Waals surface area contributed by atoms with E-state index < -0.39 is 6.72 Å². The second-order valence-corrected chi connectivity index (χ2v) is 9.33. The summed E-state index contributed by atoms with van der Waals surface area (Å²) in [5, 5.41) is 2.77. The molecule has 0 amide bonds. The molecule has 16 heavy (non-hydrogen) atoms. The fourth-order valence-corrected chi connectivity index (χ4v) is 6.19. The van der Waals surface area contributed by atoms with Crippen LogP contribution in [0.5, 0.6) is 0 Å². The van der Waals surface area contributed by atoms with Crippen LogP contribution in [0, 0.1) is 0 Å². The maximum atomic E-state index is 12.1. The van der Waals surface area contributed by atoms with Crippen molar-refractivity contribution < 1.29 is 9.09 Å². The number of hydrogen-bond acceptors (Lipinski definition) is 5. The number of unbranched alkanes of at least 4 members (excludes halogenated alkanes) is 1. The lowest BCUT2D eigenvalue weighted by atomic mass is 10.3. The van der Waals surface area contributed by atoms with E-state index in [1.165, 1.54) is 27.5 Å². The average Bonchev–Trinajstić information content (AvgIpc) is 2.27. The molecular formula is C9H21N2O2PS2.